The third-order valence-corrected chi connectivity index (χ3v) is 3.97. The van der Waals surface area contributed by atoms with E-state index in [0.717, 1.165) is 0 Å². The Hall–Kier alpha value is -0.298. The Morgan fingerprint density at radius 2 is 1.00 bits per heavy atom. The maximum atomic E-state index is 2.22. The topological polar surface area (TPSA) is 0 Å². The van der Waals surface area contributed by atoms with E-state index in [-0.39, 0.29) is 24.0 Å². The first kappa shape index (κ1) is 13.8. The molecule has 0 saturated carbocycles. The van der Waals surface area contributed by atoms with Crippen LogP contribution in [0.15, 0.2) is 60.7 Å². The molecule has 0 heterocycles. The Balaban J connectivity index is 0.00000128. The Labute approximate surface area is 121 Å². The molecule has 0 aromatic heterocycles. The number of rotatable bonds is 4. The number of halogens is 1. The minimum atomic E-state index is 0. The summed E-state index contributed by atoms with van der Waals surface area (Å²) in [6.07, 6.45) is 0. The highest BCUT2D eigenvalue weighted by atomic mass is 127. The van der Waals surface area contributed by atoms with Crippen molar-refractivity contribution in [3.63, 3.8) is 0 Å². The average Bonchev–Trinajstić information content (AvgIpc) is 2.32. The van der Waals surface area contributed by atoms with Crippen LogP contribution in [0.3, 0.4) is 0 Å². The van der Waals surface area contributed by atoms with E-state index in [4.69, 9.17) is 0 Å². The number of hydrogen-bond donors (Lipinski definition) is 0. The van der Waals surface area contributed by atoms with Crippen LogP contribution in [0, 0.1) is 0 Å². The predicted octanol–water partition coefficient (Wildman–Crippen LogP) is 3.71. The predicted molar refractivity (Wildman–Crippen MR) is 81.5 cm³/mol. The molecule has 0 nitrogen and oxygen atoms in total. The average molecular weight is 337 g/mol. The van der Waals surface area contributed by atoms with Crippen molar-refractivity contribution in [2.75, 3.05) is 0 Å². The second kappa shape index (κ2) is 7.89. The van der Waals surface area contributed by atoms with Crippen LogP contribution in [-0.2, 0) is 10.6 Å². The second-order valence-corrected chi connectivity index (χ2v) is 5.06. The first-order valence-corrected chi connectivity index (χ1v) is 6.98. The zero-order valence-corrected chi connectivity index (χ0v) is 12.7. The lowest BCUT2D eigenvalue weighted by molar-refractivity contribution is 1.30. The van der Waals surface area contributed by atoms with Crippen molar-refractivity contribution < 1.29 is 0 Å². The van der Waals surface area contributed by atoms with Gasteiger partial charge in [0, 0.05) is 0 Å². The summed E-state index contributed by atoms with van der Waals surface area (Å²) < 4.78 is 0. The van der Waals surface area contributed by atoms with Gasteiger partial charge in [0.2, 0.25) is 15.2 Å². The lowest BCUT2D eigenvalue weighted by Gasteiger charge is -2.00. The summed E-state index contributed by atoms with van der Waals surface area (Å²) >= 11 is 0.501. The Kier molecular flexibility index (Phi) is 6.79. The molecule has 0 saturated heterocycles. The van der Waals surface area contributed by atoms with Gasteiger partial charge in [0.05, 0.1) is 0 Å². The van der Waals surface area contributed by atoms with Gasteiger partial charge in [-0.3, -0.25) is 0 Å². The fourth-order valence-corrected chi connectivity index (χ4v) is 2.99. The van der Waals surface area contributed by atoms with E-state index in [1.165, 1.54) is 21.7 Å². The number of hydrogen-bond acceptors (Lipinski definition) is 0. The summed E-state index contributed by atoms with van der Waals surface area (Å²) in [5.74, 6) is 0. The van der Waals surface area contributed by atoms with Crippen LogP contribution in [0.4, 0.5) is 0 Å². The Bertz CT molecular complexity index is 346. The summed E-state index contributed by atoms with van der Waals surface area (Å²) in [6.45, 7) is 0. The molecule has 16 heavy (non-hydrogen) atoms. The molecular weight excluding hydrogens is 322 g/mol. The monoisotopic (exact) mass is 337 g/mol. The molecular formula is C14H15AlI. The van der Waals surface area contributed by atoms with Crippen molar-refractivity contribution in [2.45, 2.75) is 10.6 Å². The summed E-state index contributed by atoms with van der Waals surface area (Å²) in [5.41, 5.74) is 2.95. The van der Waals surface area contributed by atoms with Crippen molar-refractivity contribution in [1.29, 1.82) is 0 Å². The van der Waals surface area contributed by atoms with Crippen LogP contribution >= 0.6 is 24.0 Å². The first-order valence-electron chi connectivity index (χ1n) is 5.34. The lowest BCUT2D eigenvalue weighted by atomic mass is 10.2. The molecule has 81 valence electrons. The van der Waals surface area contributed by atoms with Gasteiger partial charge in [0.1, 0.15) is 0 Å². The normalized spacial score (nSPS) is 9.25. The van der Waals surface area contributed by atoms with E-state index in [2.05, 4.69) is 60.7 Å². The standard InChI is InChI=1S/2C7H7.Al.HI/c2*1-7-5-3-2-4-6-7;;/h2*2-6H,1H2;;1H. The Morgan fingerprint density at radius 1 is 0.625 bits per heavy atom. The van der Waals surface area contributed by atoms with E-state index >= 15 is 0 Å². The smallest absolute Gasteiger partial charge is 0.107 e. The molecule has 0 aliphatic heterocycles. The maximum absolute atomic E-state index is 2.22. The van der Waals surface area contributed by atoms with Gasteiger partial charge in [0.25, 0.3) is 0 Å². The second-order valence-electron chi connectivity index (χ2n) is 3.67. The van der Waals surface area contributed by atoms with Crippen LogP contribution in [0.25, 0.3) is 0 Å². The fraction of sp³-hybridized carbons (Fsp3) is 0.143. The van der Waals surface area contributed by atoms with E-state index < -0.39 is 0 Å². The fourth-order valence-electron chi connectivity index (χ4n) is 1.63. The van der Waals surface area contributed by atoms with Gasteiger partial charge in [-0.15, -0.1) is 24.0 Å². The molecule has 2 aromatic rings. The Morgan fingerprint density at radius 3 is 1.38 bits per heavy atom. The van der Waals surface area contributed by atoms with Crippen LogP contribution in [0.5, 0.6) is 0 Å². The van der Waals surface area contributed by atoms with Gasteiger partial charge in [-0.25, -0.2) is 0 Å². The van der Waals surface area contributed by atoms with Gasteiger partial charge >= 0.3 is 0 Å². The molecule has 0 aliphatic rings. The van der Waals surface area contributed by atoms with E-state index in [1.54, 1.807) is 0 Å². The lowest BCUT2D eigenvalue weighted by Crippen LogP contribution is -2.01. The van der Waals surface area contributed by atoms with E-state index in [1.807, 2.05) is 0 Å². The molecule has 2 aromatic carbocycles. The summed E-state index contributed by atoms with van der Waals surface area (Å²) in [4.78, 5) is 0. The van der Waals surface area contributed by atoms with Crippen LogP contribution < -0.4 is 0 Å². The van der Waals surface area contributed by atoms with Gasteiger partial charge in [0.15, 0.2) is 0 Å². The number of benzene rings is 2. The molecule has 0 fully saturated rings. The van der Waals surface area contributed by atoms with Crippen LogP contribution in [0.1, 0.15) is 11.1 Å². The molecule has 0 atom stereocenters. The van der Waals surface area contributed by atoms with Crippen molar-refractivity contribution in [2.24, 2.45) is 0 Å². The third kappa shape index (κ3) is 4.69. The molecule has 2 rings (SSSR count). The largest absolute Gasteiger partial charge is 0.214 e. The van der Waals surface area contributed by atoms with Gasteiger partial charge in [-0.2, -0.15) is 0 Å². The summed E-state index contributed by atoms with van der Waals surface area (Å²) in [7, 11) is 0. The first-order chi connectivity index (χ1) is 7.45. The van der Waals surface area contributed by atoms with Crippen molar-refractivity contribution >= 4 is 39.2 Å². The highest BCUT2D eigenvalue weighted by Crippen LogP contribution is 2.02. The molecule has 0 bridgehead atoms. The van der Waals surface area contributed by atoms with Gasteiger partial charge in [-0.1, -0.05) is 82.4 Å². The summed E-state index contributed by atoms with van der Waals surface area (Å²) in [5, 5.41) is 2.52. The molecule has 0 unspecified atom stereocenters. The van der Waals surface area contributed by atoms with E-state index in [9.17, 15) is 0 Å². The maximum Gasteiger partial charge on any atom is 0.214 e. The zero-order chi connectivity index (χ0) is 10.3. The van der Waals surface area contributed by atoms with E-state index in [0.29, 0.717) is 15.2 Å². The van der Waals surface area contributed by atoms with Crippen molar-refractivity contribution in [3.8, 4) is 0 Å². The molecule has 2 heteroatoms. The van der Waals surface area contributed by atoms with Crippen LogP contribution in [0.2, 0.25) is 0 Å². The highest BCUT2D eigenvalue weighted by Gasteiger charge is 1.96. The van der Waals surface area contributed by atoms with Gasteiger partial charge < -0.3 is 0 Å². The quantitative estimate of drug-likeness (QED) is 0.589. The molecule has 0 spiro atoms. The SMILES string of the molecule is I.c1ccc([CH2][Al][CH2]c2ccccc2)cc1. The van der Waals surface area contributed by atoms with Crippen molar-refractivity contribution in [3.05, 3.63) is 71.8 Å². The molecule has 0 amide bonds. The highest BCUT2D eigenvalue weighted by molar-refractivity contribution is 14.0. The minimum Gasteiger partial charge on any atom is -0.107 e. The van der Waals surface area contributed by atoms with Crippen molar-refractivity contribution in [1.82, 2.24) is 0 Å². The third-order valence-electron chi connectivity index (χ3n) is 2.45. The molecule has 0 N–H and O–H groups in total. The zero-order valence-electron chi connectivity index (χ0n) is 9.17. The van der Waals surface area contributed by atoms with Gasteiger partial charge in [-0.05, 0) is 0 Å². The molecule has 0 aliphatic carbocycles. The summed E-state index contributed by atoms with van der Waals surface area (Å²) in [6, 6.07) is 21.5. The minimum absolute atomic E-state index is 0. The molecule has 1 radical (unpaired) electrons. The van der Waals surface area contributed by atoms with Crippen LogP contribution in [-0.4, -0.2) is 15.2 Å².